The highest BCUT2D eigenvalue weighted by Crippen LogP contribution is 2.34. The fourth-order valence-corrected chi connectivity index (χ4v) is 3.19. The van der Waals surface area contributed by atoms with Crippen molar-refractivity contribution in [3.63, 3.8) is 0 Å². The Hall–Kier alpha value is -3.29. The van der Waals surface area contributed by atoms with Crippen LogP contribution in [0.3, 0.4) is 0 Å². The van der Waals surface area contributed by atoms with Crippen LogP contribution in [0.2, 0.25) is 0 Å². The van der Waals surface area contributed by atoms with Crippen LogP contribution in [0.1, 0.15) is 31.4 Å². The van der Waals surface area contributed by atoms with Crippen molar-refractivity contribution in [1.29, 1.82) is 0 Å². The smallest absolute Gasteiger partial charge is 0.416 e. The molecule has 2 amide bonds. The van der Waals surface area contributed by atoms with E-state index in [4.69, 9.17) is 4.74 Å². The summed E-state index contributed by atoms with van der Waals surface area (Å²) in [5.74, 6) is -0.444. The third-order valence-electron chi connectivity index (χ3n) is 4.53. The molecule has 1 aliphatic rings. The Bertz CT molecular complexity index is 982. The average Bonchev–Trinajstić information content (AvgIpc) is 2.93. The van der Waals surface area contributed by atoms with Gasteiger partial charge >= 0.3 is 6.18 Å². The van der Waals surface area contributed by atoms with Crippen molar-refractivity contribution in [2.45, 2.75) is 26.4 Å². The van der Waals surface area contributed by atoms with Gasteiger partial charge in [0.2, 0.25) is 0 Å². The van der Waals surface area contributed by atoms with Crippen molar-refractivity contribution in [3.05, 3.63) is 65.4 Å². The van der Waals surface area contributed by atoms with Gasteiger partial charge in [-0.2, -0.15) is 13.2 Å². The van der Waals surface area contributed by atoms with Crippen LogP contribution in [-0.2, 0) is 15.8 Å². The second-order valence-electron chi connectivity index (χ2n) is 6.67. The molecular weight excluding hydrogens is 397 g/mol. The van der Waals surface area contributed by atoms with Crippen LogP contribution in [0.5, 0.6) is 5.75 Å². The van der Waals surface area contributed by atoms with Gasteiger partial charge in [0.1, 0.15) is 11.4 Å². The summed E-state index contributed by atoms with van der Waals surface area (Å²) in [5, 5.41) is 2.75. The zero-order valence-corrected chi connectivity index (χ0v) is 16.5. The quantitative estimate of drug-likeness (QED) is 0.662. The first-order valence-corrected chi connectivity index (χ1v) is 9.54. The van der Waals surface area contributed by atoms with Gasteiger partial charge in [0.05, 0.1) is 17.7 Å². The van der Waals surface area contributed by atoms with Gasteiger partial charge in [-0.25, -0.2) is 0 Å². The van der Waals surface area contributed by atoms with Crippen molar-refractivity contribution < 1.29 is 27.5 Å². The number of hydrogen-bond donors (Lipinski definition) is 1. The first-order valence-electron chi connectivity index (χ1n) is 9.54. The number of nitrogens with zero attached hydrogens (tertiary/aromatic N) is 1. The first kappa shape index (κ1) is 21.4. The summed E-state index contributed by atoms with van der Waals surface area (Å²) >= 11 is 0. The maximum Gasteiger partial charge on any atom is 0.416 e. The van der Waals surface area contributed by atoms with Crippen LogP contribution in [0.15, 0.2) is 54.2 Å². The molecule has 2 aromatic rings. The molecule has 1 aliphatic heterocycles. The summed E-state index contributed by atoms with van der Waals surface area (Å²) in [6.45, 7) is 4.36. The van der Waals surface area contributed by atoms with Crippen molar-refractivity contribution >= 4 is 23.1 Å². The van der Waals surface area contributed by atoms with Crippen LogP contribution in [-0.4, -0.2) is 29.9 Å². The van der Waals surface area contributed by atoms with Gasteiger partial charge in [-0.3, -0.25) is 14.5 Å². The molecule has 30 heavy (non-hydrogen) atoms. The van der Waals surface area contributed by atoms with E-state index in [0.717, 1.165) is 17.0 Å². The van der Waals surface area contributed by atoms with E-state index in [2.05, 4.69) is 5.32 Å². The van der Waals surface area contributed by atoms with Gasteiger partial charge in [-0.15, -0.1) is 0 Å². The molecule has 0 saturated heterocycles. The van der Waals surface area contributed by atoms with E-state index < -0.39 is 23.6 Å². The van der Waals surface area contributed by atoms with Crippen molar-refractivity contribution in [2.24, 2.45) is 0 Å². The fourth-order valence-electron chi connectivity index (χ4n) is 3.19. The van der Waals surface area contributed by atoms with E-state index in [-0.39, 0.29) is 23.5 Å². The number of alkyl halides is 3. The van der Waals surface area contributed by atoms with E-state index in [1.165, 1.54) is 12.1 Å². The highest BCUT2D eigenvalue weighted by Gasteiger charge is 2.39. The molecule has 5 nitrogen and oxygen atoms in total. The fraction of sp³-hybridized carbons (Fsp3) is 0.273. The van der Waals surface area contributed by atoms with Crippen LogP contribution in [0.4, 0.5) is 18.9 Å². The number of carbonyl (C=O) groups is 2. The predicted octanol–water partition coefficient (Wildman–Crippen LogP) is 4.71. The first-order chi connectivity index (χ1) is 14.3. The molecule has 1 N–H and O–H groups in total. The number of anilines is 1. The van der Waals surface area contributed by atoms with Gasteiger partial charge in [0, 0.05) is 12.2 Å². The minimum absolute atomic E-state index is 0.0445. The third-order valence-corrected chi connectivity index (χ3v) is 4.53. The van der Waals surface area contributed by atoms with E-state index in [9.17, 15) is 22.8 Å². The molecule has 158 valence electrons. The van der Waals surface area contributed by atoms with Gasteiger partial charge in [0.25, 0.3) is 11.8 Å². The zero-order valence-electron chi connectivity index (χ0n) is 16.5. The van der Waals surface area contributed by atoms with Crippen molar-refractivity contribution in [3.8, 4) is 5.75 Å². The zero-order chi connectivity index (χ0) is 21.9. The van der Waals surface area contributed by atoms with E-state index in [1.54, 1.807) is 24.3 Å². The van der Waals surface area contributed by atoms with Crippen LogP contribution in [0.25, 0.3) is 5.57 Å². The lowest BCUT2D eigenvalue weighted by molar-refractivity contribution is -0.138. The molecule has 0 spiro atoms. The lowest BCUT2D eigenvalue weighted by atomic mass is 10.0. The molecule has 3 rings (SSSR count). The second kappa shape index (κ2) is 8.61. The number of amides is 2. The average molecular weight is 418 g/mol. The summed E-state index contributed by atoms with van der Waals surface area (Å²) in [7, 11) is 0. The topological polar surface area (TPSA) is 58.6 Å². The molecule has 0 bridgehead atoms. The molecule has 8 heteroatoms. The Morgan fingerprint density at radius 3 is 2.30 bits per heavy atom. The molecule has 1 heterocycles. The lowest BCUT2D eigenvalue weighted by Crippen LogP contribution is -2.33. The Labute approximate surface area is 172 Å². The Morgan fingerprint density at radius 2 is 1.70 bits per heavy atom. The lowest BCUT2D eigenvalue weighted by Gasteiger charge is -2.14. The Balaban J connectivity index is 2.03. The van der Waals surface area contributed by atoms with E-state index in [0.29, 0.717) is 24.3 Å². The standard InChI is InChI=1S/C22H21F3N2O3/c1-3-12-27-20(28)18(14-8-10-17(11-9-14)30-4-2)19(21(27)29)26-16-7-5-6-15(13-16)22(23,24)25/h5-11,13,26H,3-4,12H2,1-2H3. The summed E-state index contributed by atoms with van der Waals surface area (Å²) < 4.78 is 44.5. The summed E-state index contributed by atoms with van der Waals surface area (Å²) in [5.41, 5.74) is -0.226. The summed E-state index contributed by atoms with van der Waals surface area (Å²) in [6.07, 6.45) is -3.96. The third kappa shape index (κ3) is 4.32. The molecule has 2 aromatic carbocycles. The largest absolute Gasteiger partial charge is 0.494 e. The van der Waals surface area contributed by atoms with Crippen LogP contribution >= 0.6 is 0 Å². The molecule has 0 saturated carbocycles. The highest BCUT2D eigenvalue weighted by molar-refractivity contribution is 6.36. The molecule has 0 radical (unpaired) electrons. The SMILES string of the molecule is CCCN1C(=O)C(Nc2cccc(C(F)(F)F)c2)=C(c2ccc(OCC)cc2)C1=O. The molecule has 0 fully saturated rings. The van der Waals surface area contributed by atoms with Gasteiger partial charge in [-0.05, 0) is 49.2 Å². The summed E-state index contributed by atoms with van der Waals surface area (Å²) in [4.78, 5) is 26.9. The van der Waals surface area contributed by atoms with Gasteiger partial charge in [0.15, 0.2) is 0 Å². The maximum atomic E-state index is 13.0. The summed E-state index contributed by atoms with van der Waals surface area (Å²) in [6, 6.07) is 11.2. The van der Waals surface area contributed by atoms with E-state index in [1.807, 2.05) is 13.8 Å². The Morgan fingerprint density at radius 1 is 1.00 bits per heavy atom. The predicted molar refractivity (Wildman–Crippen MR) is 107 cm³/mol. The number of imide groups is 1. The maximum absolute atomic E-state index is 13.0. The molecule has 0 aliphatic carbocycles. The monoisotopic (exact) mass is 418 g/mol. The number of nitrogens with one attached hydrogen (secondary N) is 1. The van der Waals surface area contributed by atoms with Crippen molar-refractivity contribution in [2.75, 3.05) is 18.5 Å². The minimum atomic E-state index is -4.52. The molecule has 0 aromatic heterocycles. The minimum Gasteiger partial charge on any atom is -0.494 e. The number of carbonyl (C=O) groups excluding carboxylic acids is 2. The number of halogens is 3. The molecular formula is C22H21F3N2O3. The van der Waals surface area contributed by atoms with Crippen LogP contribution < -0.4 is 10.1 Å². The molecule has 0 unspecified atom stereocenters. The van der Waals surface area contributed by atoms with Gasteiger partial charge in [-0.1, -0.05) is 25.1 Å². The number of hydrogen-bond acceptors (Lipinski definition) is 4. The van der Waals surface area contributed by atoms with Gasteiger partial charge < -0.3 is 10.1 Å². The highest BCUT2D eigenvalue weighted by atomic mass is 19.4. The van der Waals surface area contributed by atoms with Crippen molar-refractivity contribution in [1.82, 2.24) is 4.90 Å². The Kier molecular flexibility index (Phi) is 6.14. The number of ether oxygens (including phenoxy) is 1. The number of benzene rings is 2. The molecule has 0 atom stereocenters. The van der Waals surface area contributed by atoms with Crippen LogP contribution in [0, 0.1) is 0 Å². The second-order valence-corrected chi connectivity index (χ2v) is 6.67. The number of rotatable bonds is 7. The normalized spacial score (nSPS) is 14.5. The van der Waals surface area contributed by atoms with E-state index >= 15 is 0 Å².